The minimum absolute atomic E-state index is 0.0733. The number of nitrogens with zero attached hydrogens (tertiary/aromatic N) is 11. The highest BCUT2D eigenvalue weighted by molar-refractivity contribution is 5.95. The molecule has 12 rings (SSSR count). The average molecular weight is 942 g/mol. The summed E-state index contributed by atoms with van der Waals surface area (Å²) in [6.07, 6.45) is 10.7. The molecule has 2 aliphatic heterocycles. The number of benzene rings is 4. The Kier molecular flexibility index (Phi) is 12.0. The molecule has 4 aromatic carbocycles. The molecule has 4 fully saturated rings. The average Bonchev–Trinajstić information content (AvgIpc) is 3.91. The van der Waals surface area contributed by atoms with Crippen molar-refractivity contribution in [2.75, 3.05) is 46.8 Å². The lowest BCUT2D eigenvalue weighted by Gasteiger charge is -2.58. The van der Waals surface area contributed by atoms with Crippen molar-refractivity contribution in [3.63, 3.8) is 0 Å². The first kappa shape index (κ1) is 45.1. The molecule has 8 aromatic rings. The molecule has 2 aliphatic carbocycles. The highest BCUT2D eigenvalue weighted by Gasteiger charge is 2.56. The number of aromatic nitrogens is 8. The third-order valence-corrected chi connectivity index (χ3v) is 13.8. The number of likely N-dealkylation sites (tertiary alicyclic amines) is 2. The van der Waals surface area contributed by atoms with Gasteiger partial charge in [0.2, 0.25) is 0 Å². The molecule has 6 heterocycles. The van der Waals surface area contributed by atoms with Crippen molar-refractivity contribution in [1.82, 2.24) is 54.2 Å². The number of amides is 2. The molecule has 0 radical (unpaired) electrons. The first-order chi connectivity index (χ1) is 34.6. The van der Waals surface area contributed by atoms with E-state index < -0.39 is 0 Å². The van der Waals surface area contributed by atoms with Crippen LogP contribution in [0, 0.1) is 34.5 Å². The van der Waals surface area contributed by atoms with E-state index in [9.17, 15) is 9.59 Å². The standard InChI is InChI=1S/C29H28N6O2.C27H23N5O2/c1-33(2)14-6-9-26(36)34-18-29(19-34)15-22(16-29)35-28-25(17-30-20-31-28)27(32-35)21-10-12-24(13-11-21)37-23-7-4-3-5-8-23;1-2-6-24(33)31-16-27(17-31)13-20(14-27)32-26-23(15-28-18-29-26)25(30-32)19-9-11-22(12-10-19)34-21-7-4-3-5-8-21/h3-5,7-8,10-13,17,20,22H,14-16,18-19H2,1-2H3;3-5,7-12,15,18,20H,13-14,16-17H2,1H3. The van der Waals surface area contributed by atoms with E-state index in [0.29, 0.717) is 6.54 Å². The Morgan fingerprint density at radius 3 is 1.41 bits per heavy atom. The molecule has 2 amide bonds. The van der Waals surface area contributed by atoms with Crippen molar-refractivity contribution >= 4 is 33.9 Å². The number of carbonyl (C=O) groups is 2. The number of para-hydroxylation sites is 2. The first-order valence-electron chi connectivity index (χ1n) is 23.8. The van der Waals surface area contributed by atoms with Crippen LogP contribution in [0.5, 0.6) is 23.0 Å². The smallest absolute Gasteiger partial charge is 0.298 e. The van der Waals surface area contributed by atoms with Crippen molar-refractivity contribution in [1.29, 1.82) is 0 Å². The summed E-state index contributed by atoms with van der Waals surface area (Å²) in [6.45, 7) is 5.37. The van der Waals surface area contributed by atoms with Gasteiger partial charge < -0.3 is 19.3 Å². The fourth-order valence-electron chi connectivity index (χ4n) is 10.4. The fourth-order valence-corrected chi connectivity index (χ4v) is 10.4. The summed E-state index contributed by atoms with van der Waals surface area (Å²) in [7, 11) is 3.88. The van der Waals surface area contributed by atoms with Crippen molar-refractivity contribution in [2.24, 2.45) is 10.8 Å². The second kappa shape index (κ2) is 18.8. The highest BCUT2D eigenvalue weighted by atomic mass is 16.5. The predicted octanol–water partition coefficient (Wildman–Crippen LogP) is 8.49. The van der Waals surface area contributed by atoms with Crippen molar-refractivity contribution in [2.45, 2.75) is 44.7 Å². The molecular weight excluding hydrogens is 891 g/mol. The van der Waals surface area contributed by atoms with Gasteiger partial charge in [-0.05, 0) is 131 Å². The summed E-state index contributed by atoms with van der Waals surface area (Å²) in [5.41, 5.74) is 5.77. The number of ether oxygens (including phenoxy) is 2. The van der Waals surface area contributed by atoms with Crippen LogP contribution in [-0.2, 0) is 9.59 Å². The molecule has 354 valence electrons. The van der Waals surface area contributed by atoms with E-state index in [1.807, 2.05) is 160 Å². The Balaban J connectivity index is 0.000000155. The van der Waals surface area contributed by atoms with Gasteiger partial charge >= 0.3 is 0 Å². The summed E-state index contributed by atoms with van der Waals surface area (Å²) < 4.78 is 16.0. The van der Waals surface area contributed by atoms with E-state index in [2.05, 4.69) is 43.6 Å². The van der Waals surface area contributed by atoms with E-state index in [-0.39, 0.29) is 34.7 Å². The van der Waals surface area contributed by atoms with Gasteiger partial charge in [0, 0.05) is 60.5 Å². The summed E-state index contributed by atoms with van der Waals surface area (Å²) in [5.74, 6) is 14.0. The van der Waals surface area contributed by atoms with Gasteiger partial charge in [0.1, 0.15) is 47.0 Å². The van der Waals surface area contributed by atoms with Crippen molar-refractivity contribution < 1.29 is 19.1 Å². The van der Waals surface area contributed by atoms with E-state index >= 15 is 0 Å². The normalized spacial score (nSPS) is 16.3. The molecule has 71 heavy (non-hydrogen) atoms. The van der Waals surface area contributed by atoms with Crippen LogP contribution in [0.1, 0.15) is 44.7 Å². The fraction of sp³-hybridized carbons (Fsp3) is 0.286. The number of carbonyl (C=O) groups excluding carboxylic acids is 2. The topological polar surface area (TPSA) is 150 Å². The summed E-state index contributed by atoms with van der Waals surface area (Å²) in [6, 6.07) is 35.9. The quantitative estimate of drug-likeness (QED) is 0.128. The molecule has 0 atom stereocenters. The van der Waals surface area contributed by atoms with E-state index in [0.717, 1.165) is 119 Å². The molecule has 0 N–H and O–H groups in total. The second-order valence-electron chi connectivity index (χ2n) is 19.3. The third-order valence-electron chi connectivity index (χ3n) is 13.8. The third kappa shape index (κ3) is 9.15. The summed E-state index contributed by atoms with van der Waals surface area (Å²) in [5, 5.41) is 11.8. The number of hydrogen-bond donors (Lipinski definition) is 0. The number of fused-ring (bicyclic) bond motifs is 2. The lowest BCUT2D eigenvalue weighted by molar-refractivity contribution is -0.148. The lowest BCUT2D eigenvalue weighted by atomic mass is 9.60. The first-order valence-corrected chi connectivity index (χ1v) is 23.8. The van der Waals surface area contributed by atoms with E-state index in [4.69, 9.17) is 19.7 Å². The van der Waals surface area contributed by atoms with Gasteiger partial charge in [-0.2, -0.15) is 10.2 Å². The van der Waals surface area contributed by atoms with Crippen LogP contribution >= 0.6 is 0 Å². The van der Waals surface area contributed by atoms with Gasteiger partial charge in [0.15, 0.2) is 11.3 Å². The van der Waals surface area contributed by atoms with E-state index in [1.165, 1.54) is 0 Å². The Bertz CT molecular complexity index is 3360. The van der Waals surface area contributed by atoms with Gasteiger partial charge in [0.25, 0.3) is 11.8 Å². The zero-order valence-electron chi connectivity index (χ0n) is 39.8. The maximum Gasteiger partial charge on any atom is 0.298 e. The van der Waals surface area contributed by atoms with Crippen LogP contribution in [0.15, 0.2) is 134 Å². The van der Waals surface area contributed by atoms with E-state index in [1.54, 1.807) is 19.6 Å². The van der Waals surface area contributed by atoms with Gasteiger partial charge in [-0.15, -0.1) is 0 Å². The Hall–Kier alpha value is -8.40. The van der Waals surface area contributed by atoms with Crippen LogP contribution in [0.3, 0.4) is 0 Å². The maximum atomic E-state index is 12.3. The summed E-state index contributed by atoms with van der Waals surface area (Å²) >= 11 is 0. The SMILES string of the molecule is CC#CC(=O)N1CC2(CC(n3nc(-c4ccc(Oc5ccccc5)cc4)c4cncnc43)C2)C1.CN(C)CC#CC(=O)N1CC2(CC(n3nc(-c4ccc(Oc5ccccc5)cc4)c4cncnc43)C2)C1. The Labute approximate surface area is 411 Å². The molecule has 15 heteroatoms. The molecule has 0 bridgehead atoms. The van der Waals surface area contributed by atoms with Crippen molar-refractivity contribution in [3.05, 3.63) is 134 Å². The molecule has 0 unspecified atom stereocenters. The second-order valence-corrected chi connectivity index (χ2v) is 19.3. The van der Waals surface area contributed by atoms with Crippen LogP contribution in [0.2, 0.25) is 0 Å². The van der Waals surface area contributed by atoms with Gasteiger partial charge in [-0.3, -0.25) is 14.5 Å². The molecule has 4 aliphatic rings. The Morgan fingerprint density at radius 2 is 1.00 bits per heavy atom. The van der Waals surface area contributed by atoms with Gasteiger partial charge in [-0.25, -0.2) is 29.3 Å². The lowest BCUT2D eigenvalue weighted by Crippen LogP contribution is -2.63. The van der Waals surface area contributed by atoms with Crippen molar-refractivity contribution in [3.8, 4) is 69.2 Å². The molecule has 2 saturated carbocycles. The van der Waals surface area contributed by atoms with Crippen LogP contribution in [0.4, 0.5) is 0 Å². The molecule has 4 aromatic heterocycles. The highest BCUT2D eigenvalue weighted by Crippen LogP contribution is 2.56. The summed E-state index contributed by atoms with van der Waals surface area (Å²) in [4.78, 5) is 47.6. The zero-order valence-corrected chi connectivity index (χ0v) is 39.8. The van der Waals surface area contributed by atoms with Crippen LogP contribution in [0.25, 0.3) is 44.6 Å². The number of rotatable bonds is 9. The molecule has 15 nitrogen and oxygen atoms in total. The Morgan fingerprint density at radius 1 is 0.592 bits per heavy atom. The number of hydrogen-bond acceptors (Lipinski definition) is 11. The minimum atomic E-state index is -0.0739. The molecular formula is C56H51N11O4. The monoisotopic (exact) mass is 941 g/mol. The van der Waals surface area contributed by atoms with Gasteiger partial charge in [-0.1, -0.05) is 48.2 Å². The largest absolute Gasteiger partial charge is 0.457 e. The predicted molar refractivity (Wildman–Crippen MR) is 269 cm³/mol. The minimum Gasteiger partial charge on any atom is -0.457 e. The maximum absolute atomic E-state index is 12.3. The van der Waals surface area contributed by atoms with Crippen LogP contribution in [-0.4, -0.2) is 113 Å². The van der Waals surface area contributed by atoms with Crippen LogP contribution < -0.4 is 9.47 Å². The molecule has 2 saturated heterocycles. The zero-order chi connectivity index (χ0) is 48.5. The van der Waals surface area contributed by atoms with Gasteiger partial charge in [0.05, 0.1) is 29.4 Å². The molecule has 2 spiro atoms.